The van der Waals surface area contributed by atoms with Gasteiger partial charge in [-0.2, -0.15) is 4.68 Å². The molecular formula is C29H28ClN7O4S. The van der Waals surface area contributed by atoms with Crippen LogP contribution in [0.2, 0.25) is 5.02 Å². The summed E-state index contributed by atoms with van der Waals surface area (Å²) >= 11 is 6.18. The van der Waals surface area contributed by atoms with Crippen molar-refractivity contribution < 1.29 is 18.0 Å². The Balaban J connectivity index is 1.28. The van der Waals surface area contributed by atoms with Crippen molar-refractivity contribution in [3.63, 3.8) is 0 Å². The molecule has 1 saturated heterocycles. The first-order valence-electron chi connectivity index (χ1n) is 13.2. The monoisotopic (exact) mass is 605 g/mol. The van der Waals surface area contributed by atoms with Gasteiger partial charge in [0.1, 0.15) is 12.4 Å². The number of nitrogens with one attached hydrogen (secondary N) is 2. The fourth-order valence-electron chi connectivity index (χ4n) is 4.54. The summed E-state index contributed by atoms with van der Waals surface area (Å²) in [6.45, 7) is 0.859. The van der Waals surface area contributed by atoms with Crippen molar-refractivity contribution in [3.05, 3.63) is 101 Å². The molecule has 0 unspecified atom stereocenters. The summed E-state index contributed by atoms with van der Waals surface area (Å²) in [5, 5.41) is 17.4. The first-order valence-corrected chi connectivity index (χ1v) is 15.4. The van der Waals surface area contributed by atoms with Crippen LogP contribution < -0.4 is 15.5 Å². The minimum Gasteiger partial charge on any atom is -0.369 e. The van der Waals surface area contributed by atoms with Gasteiger partial charge in [0.05, 0.1) is 17.2 Å². The molecule has 0 saturated carbocycles. The van der Waals surface area contributed by atoms with E-state index in [4.69, 9.17) is 11.6 Å². The molecule has 216 valence electrons. The zero-order valence-corrected chi connectivity index (χ0v) is 24.0. The predicted octanol–water partition coefficient (Wildman–Crippen LogP) is 2.93. The van der Waals surface area contributed by atoms with Gasteiger partial charge in [0.2, 0.25) is 11.8 Å². The highest BCUT2D eigenvalue weighted by atomic mass is 35.5. The number of carbonyl (C=O) groups excluding carboxylic acids is 2. The third kappa shape index (κ3) is 7.59. The number of rotatable bonds is 9. The van der Waals surface area contributed by atoms with Crippen LogP contribution in [0.3, 0.4) is 0 Å². The highest BCUT2D eigenvalue weighted by molar-refractivity contribution is 7.91. The van der Waals surface area contributed by atoms with Gasteiger partial charge in [0, 0.05) is 47.5 Å². The number of aromatic nitrogens is 4. The van der Waals surface area contributed by atoms with Crippen molar-refractivity contribution in [1.29, 1.82) is 0 Å². The number of sulfone groups is 1. The predicted molar refractivity (Wildman–Crippen MR) is 161 cm³/mol. The van der Waals surface area contributed by atoms with Gasteiger partial charge in [0.25, 0.3) is 0 Å². The third-order valence-electron chi connectivity index (χ3n) is 6.76. The average Bonchev–Trinajstić information content (AvgIpc) is 3.52. The van der Waals surface area contributed by atoms with Crippen molar-refractivity contribution >= 4 is 50.7 Å². The molecule has 2 N–H and O–H groups in total. The van der Waals surface area contributed by atoms with Crippen molar-refractivity contribution in [2.45, 2.75) is 12.5 Å². The summed E-state index contributed by atoms with van der Waals surface area (Å²) in [5.74, 6) is -0.604. The highest BCUT2D eigenvalue weighted by Crippen LogP contribution is 2.22. The molecule has 0 aliphatic carbocycles. The minimum absolute atomic E-state index is 0.122. The second-order valence-electron chi connectivity index (χ2n) is 9.72. The van der Waals surface area contributed by atoms with Gasteiger partial charge in [-0.15, -0.1) is 5.10 Å². The van der Waals surface area contributed by atoms with Crippen LogP contribution in [-0.2, 0) is 25.8 Å². The van der Waals surface area contributed by atoms with Crippen LogP contribution in [0, 0.1) is 0 Å². The molecule has 11 nitrogen and oxygen atoms in total. The summed E-state index contributed by atoms with van der Waals surface area (Å²) in [5.41, 5.74) is 3.56. The van der Waals surface area contributed by atoms with Gasteiger partial charge < -0.3 is 15.5 Å². The van der Waals surface area contributed by atoms with Crippen molar-refractivity contribution in [2.75, 3.05) is 34.8 Å². The van der Waals surface area contributed by atoms with E-state index < -0.39 is 21.8 Å². The van der Waals surface area contributed by atoms with Crippen molar-refractivity contribution in [1.82, 2.24) is 25.5 Å². The van der Waals surface area contributed by atoms with Crippen molar-refractivity contribution in [2.24, 2.45) is 0 Å². The van der Waals surface area contributed by atoms with Crippen LogP contribution in [-0.4, -0.2) is 71.1 Å². The van der Waals surface area contributed by atoms with Crippen LogP contribution in [0.1, 0.15) is 11.1 Å². The molecular weight excluding hydrogens is 578 g/mol. The number of hydrogen-bond acceptors (Lipinski definition) is 8. The lowest BCUT2D eigenvalue weighted by Gasteiger charge is -2.28. The maximum Gasteiger partial charge on any atom is 0.247 e. The van der Waals surface area contributed by atoms with Gasteiger partial charge in [-0.25, -0.2) is 8.42 Å². The fraction of sp³-hybridized carbons (Fsp3) is 0.207. The number of nitrogens with zero attached hydrogens (tertiary/aromatic N) is 5. The Bertz CT molecular complexity index is 1660. The van der Waals surface area contributed by atoms with E-state index in [1.807, 2.05) is 47.4 Å². The molecule has 1 aliphatic heterocycles. The molecule has 1 aliphatic rings. The molecule has 0 spiro atoms. The Labute approximate surface area is 248 Å². The molecule has 4 aromatic rings. The number of anilines is 2. The summed E-state index contributed by atoms with van der Waals surface area (Å²) in [6, 6.07) is 20.9. The molecule has 1 aromatic heterocycles. The number of benzene rings is 3. The SMILES string of the molecule is O=C(/C=C/c1cc(Cl)ccc1-n1cnnn1)N[C@@H](Cc1ccccc1)C(=O)Nc1ccc(N2CCS(=O)(=O)CC2)cc1. The number of carbonyl (C=O) groups is 2. The lowest BCUT2D eigenvalue weighted by atomic mass is 10.0. The number of amides is 2. The minimum atomic E-state index is -2.98. The van der Waals surface area contributed by atoms with Gasteiger partial charge in [0.15, 0.2) is 9.84 Å². The van der Waals surface area contributed by atoms with E-state index in [1.165, 1.54) is 17.1 Å². The van der Waals surface area contributed by atoms with E-state index in [-0.39, 0.29) is 23.8 Å². The third-order valence-corrected chi connectivity index (χ3v) is 8.60. The molecule has 5 rings (SSSR count). The number of tetrazole rings is 1. The maximum atomic E-state index is 13.4. The molecule has 0 radical (unpaired) electrons. The van der Waals surface area contributed by atoms with Gasteiger partial charge >= 0.3 is 0 Å². The fourth-order valence-corrected chi connectivity index (χ4v) is 5.92. The van der Waals surface area contributed by atoms with Gasteiger partial charge in [-0.05, 0) is 64.5 Å². The number of halogens is 1. The van der Waals surface area contributed by atoms with E-state index in [0.717, 1.165) is 11.3 Å². The summed E-state index contributed by atoms with van der Waals surface area (Å²) < 4.78 is 24.9. The van der Waals surface area contributed by atoms with Crippen molar-refractivity contribution in [3.8, 4) is 5.69 Å². The van der Waals surface area contributed by atoms with Crippen LogP contribution in [0.25, 0.3) is 11.8 Å². The van der Waals surface area contributed by atoms with Gasteiger partial charge in [-0.1, -0.05) is 41.9 Å². The highest BCUT2D eigenvalue weighted by Gasteiger charge is 2.23. The molecule has 0 bridgehead atoms. The topological polar surface area (TPSA) is 139 Å². The summed E-state index contributed by atoms with van der Waals surface area (Å²) in [4.78, 5) is 28.4. The van der Waals surface area contributed by atoms with Crippen LogP contribution >= 0.6 is 11.6 Å². The zero-order chi connectivity index (χ0) is 29.5. The molecule has 13 heteroatoms. The smallest absolute Gasteiger partial charge is 0.247 e. The quantitative estimate of drug-likeness (QED) is 0.278. The van der Waals surface area contributed by atoms with E-state index in [0.29, 0.717) is 35.1 Å². The zero-order valence-electron chi connectivity index (χ0n) is 22.4. The molecule has 1 fully saturated rings. The largest absolute Gasteiger partial charge is 0.369 e. The summed E-state index contributed by atoms with van der Waals surface area (Å²) in [7, 11) is -2.98. The lowest BCUT2D eigenvalue weighted by Crippen LogP contribution is -2.44. The Kier molecular flexibility index (Phi) is 8.94. The normalized spacial score (nSPS) is 15.3. The molecule has 2 amide bonds. The average molecular weight is 606 g/mol. The number of hydrogen-bond donors (Lipinski definition) is 2. The molecule has 3 aromatic carbocycles. The Hall–Kier alpha value is -4.55. The Morgan fingerprint density at radius 2 is 1.74 bits per heavy atom. The van der Waals surface area contributed by atoms with E-state index in [2.05, 4.69) is 26.2 Å². The second kappa shape index (κ2) is 13.0. The molecule has 2 heterocycles. The maximum absolute atomic E-state index is 13.4. The van der Waals surface area contributed by atoms with E-state index >= 15 is 0 Å². The molecule has 1 atom stereocenters. The van der Waals surface area contributed by atoms with E-state index in [1.54, 1.807) is 36.4 Å². The first-order chi connectivity index (χ1) is 20.3. The summed E-state index contributed by atoms with van der Waals surface area (Å²) in [6.07, 6.45) is 4.63. The van der Waals surface area contributed by atoms with Crippen LogP contribution in [0.4, 0.5) is 11.4 Å². The van der Waals surface area contributed by atoms with E-state index in [9.17, 15) is 18.0 Å². The second-order valence-corrected chi connectivity index (χ2v) is 12.5. The lowest BCUT2D eigenvalue weighted by molar-refractivity contribution is -0.123. The Morgan fingerprint density at radius 3 is 2.43 bits per heavy atom. The Morgan fingerprint density at radius 1 is 1.00 bits per heavy atom. The van der Waals surface area contributed by atoms with Crippen LogP contribution in [0.5, 0.6) is 0 Å². The standard InChI is InChI=1S/C29H28ClN7O4S/c30-23-7-12-27(37-20-31-34-35-37)22(19-23)6-13-28(38)33-26(18-21-4-2-1-3-5-21)29(39)32-24-8-10-25(11-9-24)36-14-16-42(40,41)17-15-36/h1-13,19-20,26H,14-18H2,(H,32,39)(H,33,38)/b13-6+/t26-/m0/s1. The van der Waals surface area contributed by atoms with Crippen LogP contribution in [0.15, 0.2) is 85.2 Å². The van der Waals surface area contributed by atoms with Gasteiger partial charge in [-0.3, -0.25) is 9.59 Å². The first kappa shape index (κ1) is 29.0. The molecule has 42 heavy (non-hydrogen) atoms.